The van der Waals surface area contributed by atoms with E-state index < -0.39 is 0 Å². The molecule has 1 saturated heterocycles. The van der Waals surface area contributed by atoms with Crippen molar-refractivity contribution in [1.82, 2.24) is 9.80 Å². The number of nitrogens with one attached hydrogen (secondary N) is 1. The van der Waals surface area contributed by atoms with Crippen LogP contribution < -0.4 is 5.32 Å². The van der Waals surface area contributed by atoms with E-state index in [1.807, 2.05) is 29.3 Å². The van der Waals surface area contributed by atoms with Crippen molar-refractivity contribution in [2.75, 3.05) is 31.5 Å². The lowest BCUT2D eigenvalue weighted by Crippen LogP contribution is -2.54. The maximum absolute atomic E-state index is 12.5. The number of hydrogen-bond acceptors (Lipinski definition) is 5. The molecule has 0 bridgehead atoms. The second-order valence-electron chi connectivity index (χ2n) is 6.13. The molecule has 3 rings (SSSR count). The molecule has 1 aromatic heterocycles. The molecule has 1 fully saturated rings. The van der Waals surface area contributed by atoms with Crippen LogP contribution in [0.1, 0.15) is 22.2 Å². The Morgan fingerprint density at radius 2 is 1.88 bits per heavy atom. The summed E-state index contributed by atoms with van der Waals surface area (Å²) >= 11 is 1.45. The van der Waals surface area contributed by atoms with Crippen LogP contribution in [0.3, 0.4) is 0 Å². The van der Waals surface area contributed by atoms with Gasteiger partial charge in [0.15, 0.2) is 0 Å². The van der Waals surface area contributed by atoms with Crippen LogP contribution in [-0.4, -0.2) is 53.8 Å². The number of nitriles is 1. The van der Waals surface area contributed by atoms with Gasteiger partial charge in [-0.05, 0) is 30.5 Å². The molecule has 1 unspecified atom stereocenters. The predicted molar refractivity (Wildman–Crippen MR) is 101 cm³/mol. The van der Waals surface area contributed by atoms with Crippen LogP contribution in [0.2, 0.25) is 0 Å². The number of piperazine rings is 1. The van der Waals surface area contributed by atoms with Crippen molar-refractivity contribution in [1.29, 1.82) is 5.26 Å². The van der Waals surface area contributed by atoms with Crippen molar-refractivity contribution in [3.05, 3.63) is 52.2 Å². The summed E-state index contributed by atoms with van der Waals surface area (Å²) in [5.74, 6) is -0.0922. The summed E-state index contributed by atoms with van der Waals surface area (Å²) in [7, 11) is 0. The Morgan fingerprint density at radius 3 is 2.54 bits per heavy atom. The third kappa shape index (κ3) is 3.93. The molecule has 0 spiro atoms. The fraction of sp³-hybridized carbons (Fsp3) is 0.316. The standard InChI is InChI=1S/C19H20N4O2S/c1-14(18(24)21-16-6-3-2-5-15(16)13-20)22-8-10-23(11-9-22)19(25)17-7-4-12-26-17/h2-7,12,14H,8-11H2,1H3,(H,21,24). The molecule has 2 aromatic rings. The molecule has 1 aromatic carbocycles. The largest absolute Gasteiger partial charge is 0.335 e. The molecule has 1 aliphatic rings. The van der Waals surface area contributed by atoms with Gasteiger partial charge in [0.05, 0.1) is 22.2 Å². The number of benzene rings is 1. The van der Waals surface area contributed by atoms with Crippen LogP contribution >= 0.6 is 11.3 Å². The van der Waals surface area contributed by atoms with Gasteiger partial charge in [-0.1, -0.05) is 18.2 Å². The molecule has 1 atom stereocenters. The number of hydrogen-bond donors (Lipinski definition) is 1. The van der Waals surface area contributed by atoms with Gasteiger partial charge in [-0.25, -0.2) is 0 Å². The van der Waals surface area contributed by atoms with Gasteiger partial charge in [-0.2, -0.15) is 5.26 Å². The lowest BCUT2D eigenvalue weighted by Gasteiger charge is -2.37. The summed E-state index contributed by atoms with van der Waals surface area (Å²) in [6.45, 7) is 4.34. The van der Waals surface area contributed by atoms with Crippen molar-refractivity contribution in [2.24, 2.45) is 0 Å². The van der Waals surface area contributed by atoms with Gasteiger partial charge in [-0.3, -0.25) is 14.5 Å². The molecule has 0 saturated carbocycles. The highest BCUT2D eigenvalue weighted by Crippen LogP contribution is 2.17. The Bertz CT molecular complexity index is 820. The molecule has 0 aliphatic carbocycles. The fourth-order valence-corrected chi connectivity index (χ4v) is 3.65. The van der Waals surface area contributed by atoms with Crippen LogP contribution in [0.25, 0.3) is 0 Å². The first kappa shape index (κ1) is 18.1. The fourth-order valence-electron chi connectivity index (χ4n) is 2.96. The zero-order valence-electron chi connectivity index (χ0n) is 14.5. The summed E-state index contributed by atoms with van der Waals surface area (Å²) in [5, 5.41) is 13.9. The lowest BCUT2D eigenvalue weighted by atomic mass is 10.1. The average molecular weight is 368 g/mol. The summed E-state index contributed by atoms with van der Waals surface area (Å²) in [5.41, 5.74) is 0.970. The number of nitrogens with zero attached hydrogens (tertiary/aromatic N) is 3. The Labute approximate surface area is 156 Å². The van der Waals surface area contributed by atoms with Gasteiger partial charge in [-0.15, -0.1) is 11.3 Å². The van der Waals surface area contributed by atoms with Gasteiger partial charge in [0.1, 0.15) is 6.07 Å². The monoisotopic (exact) mass is 368 g/mol. The highest BCUT2D eigenvalue weighted by atomic mass is 32.1. The van der Waals surface area contributed by atoms with Gasteiger partial charge in [0.2, 0.25) is 5.91 Å². The zero-order valence-corrected chi connectivity index (χ0v) is 15.3. The van der Waals surface area contributed by atoms with E-state index >= 15 is 0 Å². The molecule has 2 amide bonds. The van der Waals surface area contributed by atoms with E-state index in [1.165, 1.54) is 11.3 Å². The number of carbonyl (C=O) groups is 2. The van der Waals surface area contributed by atoms with E-state index in [2.05, 4.69) is 16.3 Å². The van der Waals surface area contributed by atoms with E-state index in [-0.39, 0.29) is 17.9 Å². The molecular weight excluding hydrogens is 348 g/mol. The first-order chi connectivity index (χ1) is 12.6. The van der Waals surface area contributed by atoms with Crippen molar-refractivity contribution < 1.29 is 9.59 Å². The van der Waals surface area contributed by atoms with E-state index in [9.17, 15) is 9.59 Å². The number of anilines is 1. The topological polar surface area (TPSA) is 76.4 Å². The highest BCUT2D eigenvalue weighted by molar-refractivity contribution is 7.12. The number of para-hydroxylation sites is 1. The molecule has 6 nitrogen and oxygen atoms in total. The average Bonchev–Trinajstić information content (AvgIpc) is 3.22. The number of rotatable bonds is 4. The molecular formula is C19H20N4O2S. The maximum atomic E-state index is 12.5. The smallest absolute Gasteiger partial charge is 0.264 e. The molecule has 2 heterocycles. The second kappa shape index (κ2) is 8.13. The van der Waals surface area contributed by atoms with Crippen LogP contribution in [-0.2, 0) is 4.79 Å². The van der Waals surface area contributed by atoms with E-state index in [0.717, 1.165) is 4.88 Å². The van der Waals surface area contributed by atoms with Crippen molar-refractivity contribution in [3.8, 4) is 6.07 Å². The van der Waals surface area contributed by atoms with Gasteiger partial charge >= 0.3 is 0 Å². The normalized spacial score (nSPS) is 15.9. The number of thiophene rings is 1. The second-order valence-corrected chi connectivity index (χ2v) is 7.08. The Hall–Kier alpha value is -2.69. The van der Waals surface area contributed by atoms with Gasteiger partial charge in [0.25, 0.3) is 5.91 Å². The molecule has 0 radical (unpaired) electrons. The SMILES string of the molecule is CC(C(=O)Nc1ccccc1C#N)N1CCN(C(=O)c2cccs2)CC1. The van der Waals surface area contributed by atoms with Crippen LogP contribution in [0, 0.1) is 11.3 Å². The van der Waals surface area contributed by atoms with Gasteiger partial charge in [0, 0.05) is 26.2 Å². The van der Waals surface area contributed by atoms with Crippen molar-refractivity contribution >= 4 is 28.8 Å². The highest BCUT2D eigenvalue weighted by Gasteiger charge is 2.28. The minimum Gasteiger partial charge on any atom is -0.335 e. The van der Waals surface area contributed by atoms with Crippen LogP contribution in [0.5, 0.6) is 0 Å². The van der Waals surface area contributed by atoms with Crippen LogP contribution in [0.15, 0.2) is 41.8 Å². The molecule has 1 N–H and O–H groups in total. The van der Waals surface area contributed by atoms with Crippen molar-refractivity contribution in [3.63, 3.8) is 0 Å². The molecule has 26 heavy (non-hydrogen) atoms. The minimum absolute atomic E-state index is 0.0553. The van der Waals surface area contributed by atoms with E-state index in [4.69, 9.17) is 5.26 Å². The molecule has 7 heteroatoms. The first-order valence-corrected chi connectivity index (χ1v) is 9.35. The van der Waals surface area contributed by atoms with E-state index in [0.29, 0.717) is 37.4 Å². The van der Waals surface area contributed by atoms with Crippen LogP contribution in [0.4, 0.5) is 5.69 Å². The summed E-state index contributed by atoms with van der Waals surface area (Å²) in [6, 6.07) is 12.4. The van der Waals surface area contributed by atoms with E-state index in [1.54, 1.807) is 24.3 Å². The number of carbonyl (C=O) groups excluding carboxylic acids is 2. The first-order valence-electron chi connectivity index (χ1n) is 8.47. The summed E-state index contributed by atoms with van der Waals surface area (Å²) < 4.78 is 0. The Morgan fingerprint density at radius 1 is 1.15 bits per heavy atom. The maximum Gasteiger partial charge on any atom is 0.264 e. The minimum atomic E-state index is -0.333. The predicted octanol–water partition coefficient (Wildman–Crippen LogP) is 2.40. The number of amides is 2. The molecule has 1 aliphatic heterocycles. The third-order valence-electron chi connectivity index (χ3n) is 4.57. The Balaban J connectivity index is 1.56. The zero-order chi connectivity index (χ0) is 18.5. The quantitative estimate of drug-likeness (QED) is 0.899. The lowest BCUT2D eigenvalue weighted by molar-refractivity contribution is -0.121. The molecule has 134 valence electrons. The summed E-state index contributed by atoms with van der Waals surface area (Å²) in [4.78, 5) is 29.6. The van der Waals surface area contributed by atoms with Gasteiger partial charge < -0.3 is 10.2 Å². The van der Waals surface area contributed by atoms with Crippen molar-refractivity contribution in [2.45, 2.75) is 13.0 Å². The third-order valence-corrected chi connectivity index (χ3v) is 5.42. The Kier molecular flexibility index (Phi) is 5.66. The summed E-state index contributed by atoms with van der Waals surface area (Å²) in [6.07, 6.45) is 0.